The quantitative estimate of drug-likeness (QED) is 0.646. The first kappa shape index (κ1) is 17.3. The zero-order valence-corrected chi connectivity index (χ0v) is 14.3. The first-order chi connectivity index (χ1) is 12.4. The third-order valence-corrected chi connectivity index (χ3v) is 4.28. The van der Waals surface area contributed by atoms with Crippen LogP contribution in [0.4, 0.5) is 0 Å². The molecule has 26 heavy (non-hydrogen) atoms. The van der Waals surface area contributed by atoms with E-state index in [0.717, 1.165) is 10.5 Å². The van der Waals surface area contributed by atoms with E-state index in [0.29, 0.717) is 5.56 Å². The standard InChI is InChI=1S/C19H17N3O4/c1-11-7-3-4-8-13(11)17(24)21-20-16(23)12(2)22-18(25)14-9-5-6-10-15(14)19(22)26/h3-10,12H,1-2H3,(H,20,23)(H,21,24)/t12-/m1/s1. The normalized spacial score (nSPS) is 14.0. The average Bonchev–Trinajstić information content (AvgIpc) is 2.90. The Hall–Kier alpha value is -3.48. The van der Waals surface area contributed by atoms with Crippen LogP contribution in [0.5, 0.6) is 0 Å². The lowest BCUT2D eigenvalue weighted by atomic mass is 10.1. The van der Waals surface area contributed by atoms with E-state index in [2.05, 4.69) is 10.9 Å². The summed E-state index contributed by atoms with van der Waals surface area (Å²) in [5.74, 6) is -2.20. The number of aryl methyl sites for hydroxylation is 1. The van der Waals surface area contributed by atoms with Gasteiger partial charge < -0.3 is 0 Å². The molecular weight excluding hydrogens is 334 g/mol. The molecule has 0 saturated carbocycles. The molecule has 1 atom stereocenters. The van der Waals surface area contributed by atoms with Gasteiger partial charge in [-0.15, -0.1) is 0 Å². The van der Waals surface area contributed by atoms with Gasteiger partial charge in [0.1, 0.15) is 6.04 Å². The summed E-state index contributed by atoms with van der Waals surface area (Å²) in [4.78, 5) is 50.1. The van der Waals surface area contributed by atoms with Crippen LogP contribution < -0.4 is 10.9 Å². The average molecular weight is 351 g/mol. The predicted molar refractivity (Wildman–Crippen MR) is 93.2 cm³/mol. The minimum Gasteiger partial charge on any atom is -0.271 e. The summed E-state index contributed by atoms with van der Waals surface area (Å²) in [5.41, 5.74) is 6.28. The van der Waals surface area contributed by atoms with E-state index in [4.69, 9.17) is 0 Å². The molecule has 132 valence electrons. The second kappa shape index (κ2) is 6.79. The number of hydrogen-bond acceptors (Lipinski definition) is 4. The second-order valence-electron chi connectivity index (χ2n) is 5.96. The van der Waals surface area contributed by atoms with E-state index in [9.17, 15) is 19.2 Å². The Bertz CT molecular complexity index is 888. The maximum Gasteiger partial charge on any atom is 0.269 e. The van der Waals surface area contributed by atoms with Gasteiger partial charge in [0.15, 0.2) is 0 Å². The molecule has 0 radical (unpaired) electrons. The van der Waals surface area contributed by atoms with Crippen molar-refractivity contribution in [2.75, 3.05) is 0 Å². The van der Waals surface area contributed by atoms with Gasteiger partial charge in [-0.05, 0) is 37.6 Å². The zero-order valence-electron chi connectivity index (χ0n) is 14.3. The van der Waals surface area contributed by atoms with Crippen LogP contribution >= 0.6 is 0 Å². The molecule has 7 heteroatoms. The summed E-state index contributed by atoms with van der Waals surface area (Å²) < 4.78 is 0. The Morgan fingerprint density at radius 2 is 1.42 bits per heavy atom. The van der Waals surface area contributed by atoms with Crippen molar-refractivity contribution in [1.29, 1.82) is 0 Å². The van der Waals surface area contributed by atoms with Gasteiger partial charge in [-0.1, -0.05) is 30.3 Å². The van der Waals surface area contributed by atoms with Gasteiger partial charge in [0.2, 0.25) is 0 Å². The molecule has 2 N–H and O–H groups in total. The first-order valence-corrected chi connectivity index (χ1v) is 8.04. The van der Waals surface area contributed by atoms with E-state index < -0.39 is 29.7 Å². The van der Waals surface area contributed by atoms with Gasteiger partial charge in [-0.3, -0.25) is 34.9 Å². The molecule has 1 aliphatic rings. The van der Waals surface area contributed by atoms with Crippen LogP contribution in [-0.4, -0.2) is 34.6 Å². The van der Waals surface area contributed by atoms with Gasteiger partial charge in [-0.2, -0.15) is 0 Å². The van der Waals surface area contributed by atoms with Gasteiger partial charge in [0, 0.05) is 5.56 Å². The van der Waals surface area contributed by atoms with E-state index in [1.807, 2.05) is 0 Å². The molecule has 0 unspecified atom stereocenters. The fourth-order valence-electron chi connectivity index (χ4n) is 2.79. The maximum atomic E-state index is 12.4. The van der Waals surface area contributed by atoms with Crippen molar-refractivity contribution in [3.05, 3.63) is 70.8 Å². The molecule has 1 aliphatic heterocycles. The predicted octanol–water partition coefficient (Wildman–Crippen LogP) is 1.44. The highest BCUT2D eigenvalue weighted by molar-refractivity contribution is 6.22. The number of benzene rings is 2. The Morgan fingerprint density at radius 3 is 2.00 bits per heavy atom. The fraction of sp³-hybridized carbons (Fsp3) is 0.158. The van der Waals surface area contributed by atoms with Gasteiger partial charge in [-0.25, -0.2) is 0 Å². The smallest absolute Gasteiger partial charge is 0.269 e. The number of hydrazine groups is 1. The lowest BCUT2D eigenvalue weighted by Crippen LogP contribution is -2.52. The van der Waals surface area contributed by atoms with Gasteiger partial charge in [0.25, 0.3) is 23.6 Å². The molecule has 4 amide bonds. The van der Waals surface area contributed by atoms with E-state index in [1.54, 1.807) is 55.5 Å². The monoisotopic (exact) mass is 351 g/mol. The van der Waals surface area contributed by atoms with Gasteiger partial charge in [0.05, 0.1) is 11.1 Å². The number of fused-ring (bicyclic) bond motifs is 1. The molecule has 7 nitrogen and oxygen atoms in total. The van der Waals surface area contributed by atoms with Gasteiger partial charge >= 0.3 is 0 Å². The molecule has 0 aliphatic carbocycles. The number of nitrogens with zero attached hydrogens (tertiary/aromatic N) is 1. The van der Waals surface area contributed by atoms with Crippen LogP contribution in [0.2, 0.25) is 0 Å². The van der Waals surface area contributed by atoms with Crippen molar-refractivity contribution in [2.45, 2.75) is 19.9 Å². The summed E-state index contributed by atoms with van der Waals surface area (Å²) in [7, 11) is 0. The van der Waals surface area contributed by atoms with E-state index in [-0.39, 0.29) is 11.1 Å². The molecule has 0 fully saturated rings. The highest BCUT2D eigenvalue weighted by atomic mass is 16.2. The molecule has 2 aromatic rings. The van der Waals surface area contributed by atoms with Crippen molar-refractivity contribution >= 4 is 23.6 Å². The van der Waals surface area contributed by atoms with Crippen molar-refractivity contribution in [3.8, 4) is 0 Å². The van der Waals surface area contributed by atoms with Crippen molar-refractivity contribution in [2.24, 2.45) is 0 Å². The highest BCUT2D eigenvalue weighted by Crippen LogP contribution is 2.24. The summed E-state index contributed by atoms with van der Waals surface area (Å²) in [6.45, 7) is 3.20. The minimum atomic E-state index is -1.07. The van der Waals surface area contributed by atoms with E-state index >= 15 is 0 Å². The second-order valence-corrected chi connectivity index (χ2v) is 5.96. The number of hydrogen-bond donors (Lipinski definition) is 2. The molecule has 0 bridgehead atoms. The number of carbonyl (C=O) groups is 4. The van der Waals surface area contributed by atoms with Crippen LogP contribution in [0, 0.1) is 6.92 Å². The summed E-state index contributed by atoms with van der Waals surface area (Å²) in [6, 6.07) is 12.2. The Balaban J connectivity index is 1.68. The molecular formula is C19H17N3O4. The maximum absolute atomic E-state index is 12.4. The lowest BCUT2D eigenvalue weighted by molar-refractivity contribution is -0.125. The SMILES string of the molecule is Cc1ccccc1C(=O)NNC(=O)[C@@H](C)N1C(=O)c2ccccc2C1=O. The number of amides is 4. The van der Waals surface area contributed by atoms with Crippen LogP contribution in [0.1, 0.15) is 43.6 Å². The fourth-order valence-corrected chi connectivity index (χ4v) is 2.79. The third kappa shape index (κ3) is 2.95. The topological polar surface area (TPSA) is 95.6 Å². The van der Waals surface area contributed by atoms with Crippen molar-refractivity contribution in [3.63, 3.8) is 0 Å². The third-order valence-electron chi connectivity index (χ3n) is 4.28. The zero-order chi connectivity index (χ0) is 18.8. The molecule has 0 spiro atoms. The highest BCUT2D eigenvalue weighted by Gasteiger charge is 2.40. The van der Waals surface area contributed by atoms with Crippen LogP contribution in [0.15, 0.2) is 48.5 Å². The number of rotatable bonds is 3. The number of carbonyl (C=O) groups excluding carboxylic acids is 4. The van der Waals surface area contributed by atoms with Crippen LogP contribution in [0.25, 0.3) is 0 Å². The molecule has 0 aromatic heterocycles. The summed E-state index contributed by atoms with van der Waals surface area (Å²) in [5, 5.41) is 0. The minimum absolute atomic E-state index is 0.265. The van der Waals surface area contributed by atoms with Crippen LogP contribution in [-0.2, 0) is 4.79 Å². The Kier molecular flexibility index (Phi) is 4.53. The first-order valence-electron chi connectivity index (χ1n) is 8.04. The molecule has 2 aromatic carbocycles. The van der Waals surface area contributed by atoms with Crippen molar-refractivity contribution in [1.82, 2.24) is 15.8 Å². The van der Waals surface area contributed by atoms with Crippen molar-refractivity contribution < 1.29 is 19.2 Å². The lowest BCUT2D eigenvalue weighted by Gasteiger charge is -2.21. The Morgan fingerprint density at radius 1 is 0.885 bits per heavy atom. The molecule has 1 heterocycles. The number of imide groups is 1. The number of nitrogens with one attached hydrogen (secondary N) is 2. The van der Waals surface area contributed by atoms with Crippen LogP contribution in [0.3, 0.4) is 0 Å². The summed E-state index contributed by atoms with van der Waals surface area (Å²) in [6.07, 6.45) is 0. The molecule has 3 rings (SSSR count). The largest absolute Gasteiger partial charge is 0.271 e. The molecule has 0 saturated heterocycles. The summed E-state index contributed by atoms with van der Waals surface area (Å²) >= 11 is 0. The Labute approximate surface area is 150 Å². The van der Waals surface area contributed by atoms with E-state index in [1.165, 1.54) is 6.92 Å².